The smallest absolute Gasteiger partial charge is 0.274 e. The van der Waals surface area contributed by atoms with E-state index in [0.717, 1.165) is 11.3 Å². The summed E-state index contributed by atoms with van der Waals surface area (Å²) < 4.78 is 10.9. The van der Waals surface area contributed by atoms with Crippen LogP contribution in [0.5, 0.6) is 11.5 Å². The molecule has 2 heterocycles. The van der Waals surface area contributed by atoms with Crippen molar-refractivity contribution in [1.82, 2.24) is 15.2 Å². The van der Waals surface area contributed by atoms with Crippen molar-refractivity contribution in [2.75, 3.05) is 18.6 Å². The van der Waals surface area contributed by atoms with Gasteiger partial charge in [-0.05, 0) is 30.7 Å². The van der Waals surface area contributed by atoms with Gasteiger partial charge in [0.15, 0.2) is 11.5 Å². The van der Waals surface area contributed by atoms with Gasteiger partial charge in [0.05, 0.1) is 6.21 Å². The molecule has 0 spiro atoms. The quantitative estimate of drug-likeness (QED) is 0.636. The molecule has 21 heavy (non-hydrogen) atoms. The number of nitrogens with one attached hydrogen (secondary N) is 2. The molecular weight excluding hydrogens is 274 g/mol. The van der Waals surface area contributed by atoms with Crippen LogP contribution in [0.4, 0.5) is 5.95 Å². The molecule has 3 rings (SSSR count). The van der Waals surface area contributed by atoms with E-state index in [9.17, 15) is 4.79 Å². The number of rotatable bonds is 3. The number of hydrogen-bond acceptors (Lipinski definition) is 7. The highest BCUT2D eigenvalue weighted by Crippen LogP contribution is 2.30. The Labute approximate surface area is 119 Å². The van der Waals surface area contributed by atoms with E-state index in [1.165, 1.54) is 0 Å². The molecule has 0 bridgehead atoms. The van der Waals surface area contributed by atoms with E-state index in [-0.39, 0.29) is 11.5 Å². The van der Waals surface area contributed by atoms with E-state index in [0.29, 0.717) is 24.7 Å². The predicted molar refractivity (Wildman–Crippen MR) is 76.0 cm³/mol. The first-order chi connectivity index (χ1) is 10.2. The van der Waals surface area contributed by atoms with E-state index >= 15 is 0 Å². The third kappa shape index (κ3) is 2.99. The molecule has 0 amide bonds. The largest absolute Gasteiger partial charge is 0.486 e. The van der Waals surface area contributed by atoms with Crippen molar-refractivity contribution < 1.29 is 9.47 Å². The molecule has 1 aliphatic rings. The Kier molecular flexibility index (Phi) is 3.50. The van der Waals surface area contributed by atoms with Gasteiger partial charge in [0.1, 0.15) is 18.9 Å². The van der Waals surface area contributed by atoms with Crippen LogP contribution in [0.25, 0.3) is 0 Å². The van der Waals surface area contributed by atoms with Crippen LogP contribution in [0, 0.1) is 6.92 Å². The normalized spacial score (nSPS) is 13.4. The van der Waals surface area contributed by atoms with Crippen molar-refractivity contribution in [2.24, 2.45) is 5.10 Å². The third-order valence-corrected chi connectivity index (χ3v) is 2.81. The average molecular weight is 287 g/mol. The maximum absolute atomic E-state index is 11.4. The summed E-state index contributed by atoms with van der Waals surface area (Å²) >= 11 is 0. The number of ether oxygens (including phenoxy) is 2. The second-order valence-electron chi connectivity index (χ2n) is 4.36. The van der Waals surface area contributed by atoms with E-state index < -0.39 is 0 Å². The van der Waals surface area contributed by atoms with Gasteiger partial charge in [-0.2, -0.15) is 5.10 Å². The van der Waals surface area contributed by atoms with Crippen LogP contribution in [-0.2, 0) is 0 Å². The molecular formula is C13H13N5O3. The van der Waals surface area contributed by atoms with E-state index in [2.05, 4.69) is 25.7 Å². The highest BCUT2D eigenvalue weighted by atomic mass is 16.6. The number of anilines is 1. The minimum atomic E-state index is -0.304. The highest BCUT2D eigenvalue weighted by Gasteiger charge is 2.10. The summed E-state index contributed by atoms with van der Waals surface area (Å²) in [5.74, 6) is 1.59. The first kappa shape index (κ1) is 13.1. The van der Waals surface area contributed by atoms with Crippen molar-refractivity contribution in [3.05, 3.63) is 39.8 Å². The van der Waals surface area contributed by atoms with Gasteiger partial charge in [-0.25, -0.2) is 5.43 Å². The number of benzene rings is 1. The molecule has 108 valence electrons. The Morgan fingerprint density at radius 3 is 2.90 bits per heavy atom. The molecule has 2 N–H and O–H groups in total. The summed E-state index contributed by atoms with van der Waals surface area (Å²) in [7, 11) is 0. The fourth-order valence-corrected chi connectivity index (χ4v) is 1.75. The van der Waals surface area contributed by atoms with Crippen molar-refractivity contribution in [3.8, 4) is 11.5 Å². The zero-order valence-electron chi connectivity index (χ0n) is 11.3. The fraction of sp³-hybridized carbons (Fsp3) is 0.231. The van der Waals surface area contributed by atoms with Gasteiger partial charge >= 0.3 is 0 Å². The van der Waals surface area contributed by atoms with Gasteiger partial charge in [-0.1, -0.05) is 0 Å². The zero-order valence-corrected chi connectivity index (χ0v) is 11.3. The molecule has 0 radical (unpaired) electrons. The number of nitrogens with zero attached hydrogens (tertiary/aromatic N) is 3. The van der Waals surface area contributed by atoms with Crippen LogP contribution >= 0.6 is 0 Å². The van der Waals surface area contributed by atoms with Crippen LogP contribution in [0.3, 0.4) is 0 Å². The lowest BCUT2D eigenvalue weighted by Gasteiger charge is -2.18. The second kappa shape index (κ2) is 5.61. The van der Waals surface area contributed by atoms with Gasteiger partial charge < -0.3 is 9.47 Å². The Morgan fingerprint density at radius 1 is 1.29 bits per heavy atom. The zero-order chi connectivity index (χ0) is 14.7. The standard InChI is InChI=1S/C13H13N5O3/c1-8-12(19)15-13(18-16-8)17-14-7-9-2-3-10-11(6-9)21-5-4-20-10/h2-3,6-7H,4-5H2,1H3,(H2,15,17,18,19). The van der Waals surface area contributed by atoms with E-state index in [1.54, 1.807) is 13.1 Å². The third-order valence-electron chi connectivity index (χ3n) is 2.81. The molecule has 0 fully saturated rings. The minimum Gasteiger partial charge on any atom is -0.486 e. The summed E-state index contributed by atoms with van der Waals surface area (Å²) in [4.78, 5) is 13.9. The molecule has 0 atom stereocenters. The van der Waals surface area contributed by atoms with Crippen LogP contribution in [0.2, 0.25) is 0 Å². The number of hydrazone groups is 1. The molecule has 1 aromatic carbocycles. The Bertz CT molecular complexity index is 741. The molecule has 0 saturated carbocycles. The van der Waals surface area contributed by atoms with Crippen molar-refractivity contribution in [1.29, 1.82) is 0 Å². The molecule has 2 aromatic rings. The van der Waals surface area contributed by atoms with Crippen LogP contribution in [0.15, 0.2) is 28.1 Å². The van der Waals surface area contributed by atoms with Crippen LogP contribution in [0.1, 0.15) is 11.3 Å². The minimum absolute atomic E-state index is 0.180. The first-order valence-corrected chi connectivity index (χ1v) is 6.35. The van der Waals surface area contributed by atoms with Gasteiger partial charge in [0.25, 0.3) is 5.56 Å². The SMILES string of the molecule is Cc1nnc(NN=Cc2ccc3c(c2)OCCO3)[nH]c1=O. The maximum atomic E-state index is 11.4. The number of aromatic amines is 1. The lowest BCUT2D eigenvalue weighted by atomic mass is 10.2. The van der Waals surface area contributed by atoms with Gasteiger partial charge in [0.2, 0.25) is 5.95 Å². The van der Waals surface area contributed by atoms with Crippen molar-refractivity contribution in [2.45, 2.75) is 6.92 Å². The fourth-order valence-electron chi connectivity index (χ4n) is 1.75. The lowest BCUT2D eigenvalue weighted by molar-refractivity contribution is 0.171. The summed E-state index contributed by atoms with van der Waals surface area (Å²) in [6, 6.07) is 5.49. The lowest BCUT2D eigenvalue weighted by Crippen LogP contribution is -2.15. The summed E-state index contributed by atoms with van der Waals surface area (Å²) in [5, 5.41) is 11.4. The molecule has 0 unspecified atom stereocenters. The number of fused-ring (bicyclic) bond motifs is 1. The number of aryl methyl sites for hydroxylation is 1. The molecule has 0 aliphatic carbocycles. The maximum Gasteiger partial charge on any atom is 0.274 e. The Balaban J connectivity index is 1.71. The average Bonchev–Trinajstić information content (AvgIpc) is 2.51. The van der Waals surface area contributed by atoms with Crippen LogP contribution < -0.4 is 20.5 Å². The predicted octanol–water partition coefficient (Wildman–Crippen LogP) is 0.691. The number of aromatic nitrogens is 3. The number of H-pyrrole nitrogens is 1. The summed E-state index contributed by atoms with van der Waals surface area (Å²) in [6.45, 7) is 2.67. The molecule has 0 saturated heterocycles. The van der Waals surface area contributed by atoms with Gasteiger partial charge in [-0.3, -0.25) is 9.78 Å². The summed E-state index contributed by atoms with van der Waals surface area (Å²) in [5.41, 5.74) is 3.44. The molecule has 1 aliphatic heterocycles. The first-order valence-electron chi connectivity index (χ1n) is 6.35. The second-order valence-corrected chi connectivity index (χ2v) is 4.36. The number of hydrogen-bond donors (Lipinski definition) is 2. The summed E-state index contributed by atoms with van der Waals surface area (Å²) in [6.07, 6.45) is 1.58. The molecule has 1 aromatic heterocycles. The molecule has 8 nitrogen and oxygen atoms in total. The Morgan fingerprint density at radius 2 is 2.10 bits per heavy atom. The topological polar surface area (TPSA) is 101 Å². The monoisotopic (exact) mass is 287 g/mol. The van der Waals surface area contributed by atoms with Gasteiger partial charge in [0, 0.05) is 0 Å². The molecule has 8 heteroatoms. The van der Waals surface area contributed by atoms with Gasteiger partial charge in [-0.15, -0.1) is 10.2 Å². The van der Waals surface area contributed by atoms with Crippen LogP contribution in [-0.4, -0.2) is 34.6 Å². The van der Waals surface area contributed by atoms with Crippen molar-refractivity contribution >= 4 is 12.2 Å². The van der Waals surface area contributed by atoms with E-state index in [4.69, 9.17) is 9.47 Å². The van der Waals surface area contributed by atoms with Crippen molar-refractivity contribution in [3.63, 3.8) is 0 Å². The Hall–Kier alpha value is -2.90. The van der Waals surface area contributed by atoms with E-state index in [1.807, 2.05) is 18.2 Å². The highest BCUT2D eigenvalue weighted by molar-refractivity contribution is 5.81.